The Kier molecular flexibility index (Phi) is 8.94. The summed E-state index contributed by atoms with van der Waals surface area (Å²) in [7, 11) is 0. The third kappa shape index (κ3) is 5.79. The van der Waals surface area contributed by atoms with Crippen molar-refractivity contribution in [1.29, 1.82) is 0 Å². The maximum absolute atomic E-state index is 14.2. The summed E-state index contributed by atoms with van der Waals surface area (Å²) in [6.45, 7) is 0.502. The summed E-state index contributed by atoms with van der Waals surface area (Å²) in [4.78, 5) is 28.6. The van der Waals surface area contributed by atoms with Gasteiger partial charge in [0.05, 0.1) is 21.7 Å². The third-order valence-electron chi connectivity index (χ3n) is 7.97. The van der Waals surface area contributed by atoms with Gasteiger partial charge in [-0.25, -0.2) is 4.39 Å². The Balaban J connectivity index is 1.57. The first-order valence-corrected chi connectivity index (χ1v) is 14.7. The molecule has 1 aliphatic rings. The smallest absolute Gasteiger partial charge is 0.255 e. The second kappa shape index (κ2) is 12.5. The zero-order valence-electron chi connectivity index (χ0n) is 22.6. The molecule has 0 aliphatic carbocycles. The first kappa shape index (κ1) is 30.1. The van der Waals surface area contributed by atoms with Gasteiger partial charge >= 0.3 is 0 Å². The topological polar surface area (TPSA) is 88.6 Å². The van der Waals surface area contributed by atoms with Crippen LogP contribution in [0.4, 0.5) is 4.39 Å². The second-order valence-electron chi connectivity index (χ2n) is 10.4. The number of piperidine rings is 1. The van der Waals surface area contributed by atoms with Gasteiger partial charge in [0.2, 0.25) is 5.91 Å². The number of amides is 2. The normalized spacial score (nSPS) is 14.6. The Bertz CT molecular complexity index is 1610. The number of carbonyl (C=O) groups excluding carboxylic acids is 2. The lowest BCUT2D eigenvalue weighted by atomic mass is 9.72. The van der Waals surface area contributed by atoms with E-state index in [1.54, 1.807) is 47.4 Å². The second-order valence-corrected chi connectivity index (χ2v) is 11.7. The Morgan fingerprint density at radius 2 is 1.55 bits per heavy atom. The first-order valence-electron chi connectivity index (χ1n) is 13.6. The lowest BCUT2D eigenvalue weighted by Gasteiger charge is -2.40. The Labute approximate surface area is 258 Å². The number of primary amides is 1. The first-order chi connectivity index (χ1) is 20.1. The lowest BCUT2D eigenvalue weighted by Crippen LogP contribution is -2.51. The fourth-order valence-electron chi connectivity index (χ4n) is 5.72. The largest absolute Gasteiger partial charge is 0.396 e. The number of carbonyl (C=O) groups is 2. The van der Waals surface area contributed by atoms with Crippen molar-refractivity contribution in [1.82, 2.24) is 9.47 Å². The molecule has 4 aromatic rings. The highest BCUT2D eigenvalue weighted by Crippen LogP contribution is 2.39. The number of benzene rings is 3. The summed E-state index contributed by atoms with van der Waals surface area (Å²) in [5.41, 5.74) is 8.84. The highest BCUT2D eigenvalue weighted by Gasteiger charge is 2.43. The van der Waals surface area contributed by atoms with Crippen molar-refractivity contribution in [3.8, 4) is 16.9 Å². The number of likely N-dealkylation sites (tertiary alicyclic amines) is 1. The average molecular weight is 629 g/mol. The van der Waals surface area contributed by atoms with E-state index in [9.17, 15) is 19.1 Å². The SMILES string of the molecule is NC(=O)C1(c2ccc(F)cc2)CCN(C(=O)c2cc(-c3ccc(Cl)cc3Cl)n(-c3ccc(Cl)cc3)c2CCCO)CC1. The lowest BCUT2D eigenvalue weighted by molar-refractivity contribution is -0.125. The molecule has 1 fully saturated rings. The molecule has 3 aromatic carbocycles. The monoisotopic (exact) mass is 627 g/mol. The summed E-state index contributed by atoms with van der Waals surface area (Å²) in [6.07, 6.45) is 1.46. The molecule has 1 saturated heterocycles. The molecule has 0 unspecified atom stereocenters. The molecule has 0 atom stereocenters. The molecule has 10 heteroatoms. The van der Waals surface area contributed by atoms with Crippen LogP contribution in [0.1, 0.15) is 40.9 Å². The third-order valence-corrected chi connectivity index (χ3v) is 8.77. The van der Waals surface area contributed by atoms with Crippen molar-refractivity contribution in [2.75, 3.05) is 19.7 Å². The number of rotatable bonds is 8. The van der Waals surface area contributed by atoms with Crippen LogP contribution < -0.4 is 5.73 Å². The van der Waals surface area contributed by atoms with E-state index >= 15 is 0 Å². The molecule has 6 nitrogen and oxygen atoms in total. The summed E-state index contributed by atoms with van der Waals surface area (Å²) in [6, 6.07) is 20.1. The van der Waals surface area contributed by atoms with Crippen LogP contribution >= 0.6 is 34.8 Å². The molecule has 0 bridgehead atoms. The number of nitrogens with two attached hydrogens (primary N) is 1. The van der Waals surface area contributed by atoms with Gasteiger partial charge in [-0.3, -0.25) is 9.59 Å². The van der Waals surface area contributed by atoms with Crippen LogP contribution in [-0.4, -0.2) is 46.1 Å². The van der Waals surface area contributed by atoms with E-state index in [4.69, 9.17) is 40.5 Å². The Morgan fingerprint density at radius 3 is 2.14 bits per heavy atom. The molecule has 3 N–H and O–H groups in total. The van der Waals surface area contributed by atoms with Crippen LogP contribution in [0.25, 0.3) is 16.9 Å². The van der Waals surface area contributed by atoms with Crippen LogP contribution in [-0.2, 0) is 16.6 Å². The van der Waals surface area contributed by atoms with Crippen molar-refractivity contribution in [3.63, 3.8) is 0 Å². The Hall–Kier alpha value is -3.36. The molecule has 1 aliphatic heterocycles. The van der Waals surface area contributed by atoms with E-state index in [0.29, 0.717) is 68.8 Å². The number of aromatic nitrogens is 1. The van der Waals surface area contributed by atoms with Gasteiger partial charge < -0.3 is 20.3 Å². The number of aliphatic hydroxyl groups excluding tert-OH is 1. The maximum atomic E-state index is 14.2. The van der Waals surface area contributed by atoms with Gasteiger partial charge in [0.15, 0.2) is 0 Å². The number of hydrogen-bond acceptors (Lipinski definition) is 3. The van der Waals surface area contributed by atoms with Gasteiger partial charge in [0.25, 0.3) is 5.91 Å². The van der Waals surface area contributed by atoms with E-state index in [1.165, 1.54) is 12.1 Å². The quantitative estimate of drug-likeness (QED) is 0.224. The fourth-order valence-corrected chi connectivity index (χ4v) is 6.35. The molecular formula is C32H29Cl3FN3O3. The van der Waals surface area contributed by atoms with Crippen molar-refractivity contribution < 1.29 is 19.1 Å². The van der Waals surface area contributed by atoms with Crippen molar-refractivity contribution in [2.45, 2.75) is 31.1 Å². The standard InChI is InChI=1S/C32H29Cl3FN3O3/c33-21-5-10-24(11-6-21)39-28(2-1-17-40)26(19-29(39)25-12-7-22(34)18-27(25)35)30(41)38-15-13-32(14-16-38,31(37)42)20-3-8-23(36)9-4-20/h3-12,18-19,40H,1-2,13-17H2,(H2,37,42). The fraction of sp³-hybridized carbons (Fsp3) is 0.250. The number of hydrogen-bond donors (Lipinski definition) is 2. The molecule has 2 heterocycles. The molecule has 5 rings (SSSR count). The molecule has 42 heavy (non-hydrogen) atoms. The van der Waals surface area contributed by atoms with Gasteiger partial charge in [-0.1, -0.05) is 46.9 Å². The van der Waals surface area contributed by atoms with E-state index in [1.807, 2.05) is 22.8 Å². The van der Waals surface area contributed by atoms with E-state index in [2.05, 4.69) is 0 Å². The molecule has 1 aromatic heterocycles. The molecular weight excluding hydrogens is 600 g/mol. The number of halogens is 4. The summed E-state index contributed by atoms with van der Waals surface area (Å²) in [5.74, 6) is -1.11. The average Bonchev–Trinajstić information content (AvgIpc) is 3.35. The van der Waals surface area contributed by atoms with Gasteiger partial charge in [-0.2, -0.15) is 0 Å². The molecule has 0 saturated carbocycles. The van der Waals surface area contributed by atoms with Gasteiger partial charge in [0, 0.05) is 46.7 Å². The number of nitrogens with zero attached hydrogens (tertiary/aromatic N) is 2. The van der Waals surface area contributed by atoms with E-state index in [0.717, 1.165) is 5.69 Å². The molecule has 218 valence electrons. The zero-order chi connectivity index (χ0) is 30.0. The highest BCUT2D eigenvalue weighted by atomic mass is 35.5. The number of aliphatic hydroxyl groups is 1. The van der Waals surface area contributed by atoms with Gasteiger partial charge in [-0.05, 0) is 91.9 Å². The predicted octanol–water partition coefficient (Wildman–Crippen LogP) is 6.83. The minimum Gasteiger partial charge on any atom is -0.396 e. The predicted molar refractivity (Wildman–Crippen MR) is 164 cm³/mol. The van der Waals surface area contributed by atoms with Crippen molar-refractivity contribution in [3.05, 3.63) is 111 Å². The summed E-state index contributed by atoms with van der Waals surface area (Å²) in [5, 5.41) is 11.2. The van der Waals surface area contributed by atoms with Gasteiger partial charge in [-0.15, -0.1) is 0 Å². The maximum Gasteiger partial charge on any atom is 0.255 e. The minimum atomic E-state index is -0.999. The van der Waals surface area contributed by atoms with Crippen LogP contribution in [0.5, 0.6) is 0 Å². The van der Waals surface area contributed by atoms with Crippen molar-refractivity contribution in [2.24, 2.45) is 5.73 Å². The van der Waals surface area contributed by atoms with Crippen LogP contribution in [0.15, 0.2) is 72.8 Å². The highest BCUT2D eigenvalue weighted by molar-refractivity contribution is 6.36. The minimum absolute atomic E-state index is 0.0566. The van der Waals surface area contributed by atoms with Gasteiger partial charge in [0.1, 0.15) is 5.82 Å². The molecule has 0 spiro atoms. The Morgan fingerprint density at radius 1 is 0.905 bits per heavy atom. The van der Waals surface area contributed by atoms with Crippen molar-refractivity contribution >= 4 is 46.6 Å². The van der Waals surface area contributed by atoms with Crippen LogP contribution in [0.3, 0.4) is 0 Å². The summed E-state index contributed by atoms with van der Waals surface area (Å²) < 4.78 is 15.6. The van der Waals surface area contributed by atoms with Crippen LogP contribution in [0, 0.1) is 5.82 Å². The summed E-state index contributed by atoms with van der Waals surface area (Å²) >= 11 is 19.0. The zero-order valence-corrected chi connectivity index (χ0v) is 24.9. The molecule has 0 radical (unpaired) electrons. The van der Waals surface area contributed by atoms with E-state index < -0.39 is 17.1 Å². The van der Waals surface area contributed by atoms with E-state index in [-0.39, 0.29) is 25.6 Å². The van der Waals surface area contributed by atoms with Crippen LogP contribution in [0.2, 0.25) is 15.1 Å². The molecule has 2 amide bonds.